The molecular formula is C52H43F7N8O10S4. The van der Waals surface area contributed by atoms with Crippen LogP contribution in [0.1, 0.15) is 38.9 Å². The Morgan fingerprint density at radius 3 is 1.59 bits per heavy atom. The number of phenolic OH excluding ortho intramolecular Hbond substituents is 1. The first-order valence-electron chi connectivity index (χ1n) is 22.7. The van der Waals surface area contributed by atoms with Gasteiger partial charge in [-0.2, -0.15) is 40.4 Å². The predicted molar refractivity (Wildman–Crippen MR) is 284 cm³/mol. The zero-order valence-electron chi connectivity index (χ0n) is 42.9. The van der Waals surface area contributed by atoms with Crippen molar-refractivity contribution < 1.29 is 76.4 Å². The van der Waals surface area contributed by atoms with Crippen LogP contribution in [0.5, 0.6) is 40.2 Å². The van der Waals surface area contributed by atoms with Gasteiger partial charge in [0.15, 0.2) is 0 Å². The highest BCUT2D eigenvalue weighted by molar-refractivity contribution is 7.93. The van der Waals surface area contributed by atoms with Crippen LogP contribution in [0.3, 0.4) is 0 Å². The normalized spacial score (nSPS) is 11.3. The summed E-state index contributed by atoms with van der Waals surface area (Å²) in [5.41, 5.74) is -0.629. The van der Waals surface area contributed by atoms with Gasteiger partial charge in [-0.3, -0.25) is 0 Å². The number of alkyl halides is 6. The molecule has 8 rings (SSSR count). The highest BCUT2D eigenvalue weighted by Gasteiger charge is 2.34. The molecule has 0 unspecified atom stereocenters. The molecule has 0 saturated carbocycles. The van der Waals surface area contributed by atoms with Crippen LogP contribution in [-0.4, -0.2) is 69.1 Å². The van der Waals surface area contributed by atoms with Crippen molar-refractivity contribution in [3.8, 4) is 46.3 Å². The lowest BCUT2D eigenvalue weighted by molar-refractivity contribution is -0.138. The number of aromatic hydroxyl groups is 1. The minimum Gasteiger partial charge on any atom is -0.508 e. The molecule has 0 aliphatic rings. The van der Waals surface area contributed by atoms with E-state index < -0.39 is 49.3 Å². The average molecular weight is 1200 g/mol. The SMILES string of the molecule is COc1ccc(CN(c2ncns2)S(=O)(=O)c2ccc(F)c(C#N)c2)c(OC)c1.Cc1cc(O)cc(C(F)(F)F)c1.[C-]#[N+]c1cc(Oc2cc(C)cc(C(F)(F)F)c2)ccc1S(=O)(=O)N(Cc1ccc(OC)cc1OC)c1ncns1. The number of aryl methyl sites for hydroxylation is 2. The summed E-state index contributed by atoms with van der Waals surface area (Å²) >= 11 is 1.73. The van der Waals surface area contributed by atoms with Gasteiger partial charge in [-0.25, -0.2) is 44.6 Å². The molecule has 0 spiro atoms. The van der Waals surface area contributed by atoms with Crippen LogP contribution in [0.15, 0.2) is 132 Å². The molecule has 0 aliphatic heterocycles. The van der Waals surface area contributed by atoms with E-state index in [4.69, 9.17) is 40.6 Å². The maximum absolute atomic E-state index is 13.9. The number of aromatic nitrogens is 4. The van der Waals surface area contributed by atoms with Crippen LogP contribution in [0.4, 0.5) is 46.7 Å². The molecule has 0 aliphatic carbocycles. The number of rotatable bonds is 16. The lowest BCUT2D eigenvalue weighted by atomic mass is 10.1. The van der Waals surface area contributed by atoms with Gasteiger partial charge in [-0.05, 0) is 122 Å². The van der Waals surface area contributed by atoms with Crippen molar-refractivity contribution in [1.82, 2.24) is 18.7 Å². The molecule has 2 aromatic heterocycles. The van der Waals surface area contributed by atoms with Crippen LogP contribution in [0, 0.1) is 37.6 Å². The smallest absolute Gasteiger partial charge is 0.416 e. The van der Waals surface area contributed by atoms with Crippen molar-refractivity contribution >= 4 is 59.1 Å². The Hall–Kier alpha value is -8.77. The van der Waals surface area contributed by atoms with Gasteiger partial charge in [0, 0.05) is 46.3 Å². The van der Waals surface area contributed by atoms with Crippen LogP contribution >= 0.6 is 23.1 Å². The lowest BCUT2D eigenvalue weighted by Gasteiger charge is -2.23. The quantitative estimate of drug-likeness (QED) is 0.0702. The van der Waals surface area contributed by atoms with Crippen molar-refractivity contribution in [3.63, 3.8) is 0 Å². The molecule has 8 aromatic rings. The third-order valence-corrected chi connectivity index (χ3v) is 16.1. The molecule has 0 fully saturated rings. The van der Waals surface area contributed by atoms with Crippen LogP contribution in [0.25, 0.3) is 4.85 Å². The molecule has 0 radical (unpaired) electrons. The first kappa shape index (κ1) is 61.4. The topological polar surface area (TPSA) is 221 Å². The Labute approximate surface area is 467 Å². The molecule has 0 atom stereocenters. The summed E-state index contributed by atoms with van der Waals surface area (Å²) in [6.45, 7) is 10.3. The minimum absolute atomic E-state index is 0.0111. The van der Waals surface area contributed by atoms with E-state index >= 15 is 0 Å². The lowest BCUT2D eigenvalue weighted by Crippen LogP contribution is -2.30. The Morgan fingerprint density at radius 2 is 1.14 bits per heavy atom. The zero-order chi connectivity index (χ0) is 59.5. The fraction of sp³-hybridized carbons (Fsp3) is 0.192. The molecule has 2 heterocycles. The first-order valence-corrected chi connectivity index (χ1v) is 27.1. The molecule has 18 nitrogen and oxygen atoms in total. The Bertz CT molecular complexity index is 3800. The van der Waals surface area contributed by atoms with Crippen LogP contribution < -0.4 is 32.3 Å². The van der Waals surface area contributed by atoms with Crippen molar-refractivity contribution in [2.45, 2.75) is 49.1 Å². The highest BCUT2D eigenvalue weighted by Crippen LogP contribution is 2.40. The van der Waals surface area contributed by atoms with Gasteiger partial charge in [-0.1, -0.05) is 0 Å². The second-order valence-electron chi connectivity index (χ2n) is 16.5. The second-order valence-corrected chi connectivity index (χ2v) is 21.7. The fourth-order valence-electron chi connectivity index (χ4n) is 7.24. The van der Waals surface area contributed by atoms with E-state index in [1.54, 1.807) is 42.5 Å². The Kier molecular flexibility index (Phi) is 19.7. The van der Waals surface area contributed by atoms with E-state index in [1.807, 2.05) is 0 Å². The molecule has 1 N–H and O–H groups in total. The van der Waals surface area contributed by atoms with E-state index in [0.717, 1.165) is 80.2 Å². The molecule has 0 amide bonds. The van der Waals surface area contributed by atoms with Crippen molar-refractivity contribution in [2.75, 3.05) is 37.0 Å². The summed E-state index contributed by atoms with van der Waals surface area (Å²) in [6, 6.07) is 24.3. The molecule has 6 aromatic carbocycles. The maximum atomic E-state index is 13.9. The number of halogens is 7. The van der Waals surface area contributed by atoms with Crippen LogP contribution in [-0.2, 0) is 45.5 Å². The predicted octanol–water partition coefficient (Wildman–Crippen LogP) is 12.3. The van der Waals surface area contributed by atoms with Gasteiger partial charge in [0.25, 0.3) is 20.0 Å². The van der Waals surface area contributed by atoms with Gasteiger partial charge >= 0.3 is 12.4 Å². The van der Waals surface area contributed by atoms with E-state index in [9.17, 15) is 47.6 Å². The Balaban J connectivity index is 0.000000223. The third-order valence-electron chi connectivity index (χ3n) is 11.0. The maximum Gasteiger partial charge on any atom is 0.416 e. The molecule has 29 heteroatoms. The number of methoxy groups -OCH3 is 4. The van der Waals surface area contributed by atoms with Crippen molar-refractivity contribution in [3.05, 3.63) is 178 Å². The summed E-state index contributed by atoms with van der Waals surface area (Å²) in [5, 5.41) is 18.1. The van der Waals surface area contributed by atoms with E-state index in [-0.39, 0.29) is 61.6 Å². The van der Waals surface area contributed by atoms with E-state index in [1.165, 1.54) is 73.1 Å². The summed E-state index contributed by atoms with van der Waals surface area (Å²) in [7, 11) is -2.68. The Morgan fingerprint density at radius 1 is 0.630 bits per heavy atom. The summed E-state index contributed by atoms with van der Waals surface area (Å²) in [5.74, 6) is 0.568. The second kappa shape index (κ2) is 26.0. The number of anilines is 2. The largest absolute Gasteiger partial charge is 0.508 e. The summed E-state index contributed by atoms with van der Waals surface area (Å²) in [4.78, 5) is 10.8. The number of hydrogen-bond donors (Lipinski definition) is 1. The van der Waals surface area contributed by atoms with Gasteiger partial charge in [0.05, 0.1) is 74.6 Å². The number of nitriles is 1. The van der Waals surface area contributed by atoms with E-state index in [0.29, 0.717) is 51.3 Å². The van der Waals surface area contributed by atoms with Gasteiger partial charge in [0.2, 0.25) is 16.0 Å². The standard InChI is InChI=1S/C26H21F3N4O5S2.C18H15FN4O4S2.C8H7F3O/c1-16-9-18(26(27,28)29)11-21(10-16)38-20-7-8-24(22(12-20)30-2)40(34,35)33(25-31-15-32-39-25)14-17-5-6-19(36-3)13-23(17)37-4;1-26-14-4-3-12(17(8-14)27-2)10-23(18-21-11-22-28-18)29(24,25)15-5-6-16(19)13(7-15)9-20;1-5-2-6(8(9,10)11)4-7(12)3-5/h5-13,15H,14H2,1,3-4H3;3-8,11H,10H2,1-2H3;2-4,12H,1H3. The highest BCUT2D eigenvalue weighted by atomic mass is 32.2. The number of phenols is 1. The number of nitrogens with zero attached hydrogens (tertiary/aromatic N) is 8. The van der Waals surface area contributed by atoms with Crippen molar-refractivity contribution in [2.24, 2.45) is 0 Å². The molecule has 0 bridgehead atoms. The molecule has 0 saturated heterocycles. The number of benzene rings is 6. The number of ether oxygens (including phenoxy) is 5. The van der Waals surface area contributed by atoms with Crippen LogP contribution in [0.2, 0.25) is 0 Å². The minimum atomic E-state index is -4.58. The van der Waals surface area contributed by atoms with Gasteiger partial charge < -0.3 is 28.8 Å². The third kappa shape index (κ3) is 15.3. The zero-order valence-corrected chi connectivity index (χ0v) is 46.2. The van der Waals surface area contributed by atoms with Gasteiger partial charge in [-0.15, -0.1) is 0 Å². The summed E-state index contributed by atoms with van der Waals surface area (Å²) < 4.78 is 180. The number of sulfonamides is 2. The fourth-order valence-corrected chi connectivity index (χ4v) is 11.6. The van der Waals surface area contributed by atoms with Gasteiger partial charge in [0.1, 0.15) is 64.8 Å². The monoisotopic (exact) mass is 1200 g/mol. The summed E-state index contributed by atoms with van der Waals surface area (Å²) in [6.07, 6.45) is -6.52. The number of hydrogen-bond acceptors (Lipinski definition) is 17. The van der Waals surface area contributed by atoms with E-state index in [2.05, 4.69) is 23.6 Å². The average Bonchev–Trinajstić information content (AvgIpc) is 4.29. The first-order chi connectivity index (χ1) is 38.2. The molecular weight excluding hydrogens is 1160 g/mol. The molecule has 424 valence electrons. The van der Waals surface area contributed by atoms with Crippen molar-refractivity contribution in [1.29, 1.82) is 5.26 Å². The molecule has 81 heavy (non-hydrogen) atoms.